The van der Waals surface area contributed by atoms with Crippen LogP contribution in [-0.2, 0) is 52.6 Å². The second kappa shape index (κ2) is 11.0. The smallest absolute Gasteiger partial charge is 0.691 e. The molecule has 0 radical (unpaired) electrons. The molecule has 0 amide bonds. The maximum atomic E-state index is 5.33. The fraction of sp³-hybridized carbons (Fsp3) is 1.00. The van der Waals surface area contributed by atoms with E-state index in [9.17, 15) is 0 Å². The largest absolute Gasteiger partial charge is 2.00 e. The van der Waals surface area contributed by atoms with Gasteiger partial charge in [0.25, 0.3) is 0 Å². The molecule has 0 aliphatic heterocycles. The molecule has 2 nitrogen and oxygen atoms in total. The number of unbranched alkanes of at least 4 members (excludes halogenated alkanes) is 2. The van der Waals surface area contributed by atoms with E-state index in [0.717, 1.165) is 25.7 Å². The molecule has 0 fully saturated rings. The van der Waals surface area contributed by atoms with E-state index in [1.54, 1.807) is 0 Å². The van der Waals surface area contributed by atoms with E-state index < -0.39 is 5.69 Å². The molecule has 0 unspecified atom stereocenters. The predicted molar refractivity (Wildman–Crippen MR) is 63.4 cm³/mol. The molecule has 0 spiro atoms. The van der Waals surface area contributed by atoms with Gasteiger partial charge in [-0.25, -0.2) is 0 Å². The van der Waals surface area contributed by atoms with Gasteiger partial charge in [0.15, 0.2) is 0 Å². The van der Waals surface area contributed by atoms with Crippen molar-refractivity contribution in [3.05, 3.63) is 0 Å². The van der Waals surface area contributed by atoms with Gasteiger partial charge in [-0.3, -0.25) is 0 Å². The first-order valence-corrected chi connectivity index (χ1v) is 8.37. The summed E-state index contributed by atoms with van der Waals surface area (Å²) in [6.07, 6.45) is 4.21. The van der Waals surface area contributed by atoms with Crippen molar-refractivity contribution < 1.29 is 28.5 Å². The van der Waals surface area contributed by atoms with Crippen LogP contribution in [-0.4, -0.2) is 13.2 Å². The van der Waals surface area contributed by atoms with E-state index in [4.69, 9.17) is 33.1 Å². The summed E-state index contributed by atoms with van der Waals surface area (Å²) in [4.78, 5) is 0. The first-order valence-electron chi connectivity index (χ1n) is 4.72. The molecule has 0 heterocycles. The maximum absolute atomic E-state index is 5.33. The van der Waals surface area contributed by atoms with Crippen LogP contribution in [0.15, 0.2) is 0 Å². The van der Waals surface area contributed by atoms with Crippen molar-refractivity contribution in [2.24, 2.45) is 0 Å². The zero-order chi connectivity index (χ0) is 10.2. The Hall–Kier alpha value is 1.54. The molecule has 0 N–H and O–H groups in total. The fourth-order valence-corrected chi connectivity index (χ4v) is 2.35. The fourth-order valence-electron chi connectivity index (χ4n) is 0.679. The van der Waals surface area contributed by atoms with Crippen LogP contribution in [0.2, 0.25) is 0 Å². The Kier molecular flexibility index (Phi) is 14.1. The predicted octanol–water partition coefficient (Wildman–Crippen LogP) is 3.39. The van der Waals surface area contributed by atoms with Gasteiger partial charge in [0.2, 0.25) is 0 Å². The third-order valence-corrected chi connectivity index (χ3v) is 3.76. The molecule has 0 aromatic rings. The van der Waals surface area contributed by atoms with Crippen molar-refractivity contribution in [3.63, 3.8) is 0 Å². The van der Waals surface area contributed by atoms with E-state index in [1.807, 2.05) is 0 Å². The normalized spacial score (nSPS) is 11.1. The Bertz CT molecular complexity index is 155. The van der Waals surface area contributed by atoms with Gasteiger partial charge in [0.05, 0.1) is 18.9 Å². The monoisotopic (exact) mass is 305 g/mol. The third kappa shape index (κ3) is 11.6. The summed E-state index contributed by atoms with van der Waals surface area (Å²) in [5.41, 5.74) is -2.34. The SMILES string of the molecule is CCCCOP(=S)([S-])OCCCC.[Zn+2]. The van der Waals surface area contributed by atoms with E-state index in [0.29, 0.717) is 13.2 Å². The summed E-state index contributed by atoms with van der Waals surface area (Å²) in [6, 6.07) is 0. The van der Waals surface area contributed by atoms with Crippen LogP contribution in [0.4, 0.5) is 0 Å². The molecule has 0 aliphatic carbocycles. The van der Waals surface area contributed by atoms with Crippen LogP contribution in [0.25, 0.3) is 0 Å². The standard InChI is InChI=1S/C8H19O2PS2.Zn/c1-3-5-7-9-11(12,13)10-8-6-4-2;/h3-8H2,1-2H3,(H,12,13);/q;+2/p-1. The minimum absolute atomic E-state index is 0. The average Bonchev–Trinajstić information content (AvgIpc) is 2.05. The summed E-state index contributed by atoms with van der Waals surface area (Å²) < 4.78 is 10.7. The summed E-state index contributed by atoms with van der Waals surface area (Å²) >= 11 is 10.1. The Labute approximate surface area is 111 Å². The zero-order valence-electron chi connectivity index (χ0n) is 9.03. The Morgan fingerprint density at radius 3 is 1.71 bits per heavy atom. The van der Waals surface area contributed by atoms with Gasteiger partial charge in [-0.2, -0.15) is 0 Å². The molecule has 0 aromatic carbocycles. The molecule has 0 atom stereocenters. The molecule has 0 aliphatic rings. The molecule has 0 aromatic heterocycles. The Morgan fingerprint density at radius 2 is 1.43 bits per heavy atom. The van der Waals surface area contributed by atoms with Gasteiger partial charge in [-0.15, -0.1) is 0 Å². The molecule has 0 saturated heterocycles. The quantitative estimate of drug-likeness (QED) is 0.296. The van der Waals surface area contributed by atoms with Gasteiger partial charge in [0.1, 0.15) is 0 Å². The van der Waals surface area contributed by atoms with Crippen molar-refractivity contribution in [3.8, 4) is 0 Å². The maximum Gasteiger partial charge on any atom is 2.00 e. The zero-order valence-corrected chi connectivity index (χ0v) is 14.5. The van der Waals surface area contributed by atoms with E-state index in [1.165, 1.54) is 0 Å². The van der Waals surface area contributed by atoms with Crippen molar-refractivity contribution in [2.45, 2.75) is 39.5 Å². The second-order valence-corrected chi connectivity index (χ2v) is 7.81. The molecule has 0 saturated carbocycles. The molecule has 80 valence electrons. The molecule has 0 rings (SSSR count). The van der Waals surface area contributed by atoms with Crippen LogP contribution in [0.3, 0.4) is 0 Å². The summed E-state index contributed by atoms with van der Waals surface area (Å²) in [6.45, 7) is 5.50. The van der Waals surface area contributed by atoms with E-state index in [2.05, 4.69) is 13.8 Å². The summed E-state index contributed by atoms with van der Waals surface area (Å²) in [7, 11) is 0. The van der Waals surface area contributed by atoms with Crippen LogP contribution in [0, 0.1) is 0 Å². The van der Waals surface area contributed by atoms with Crippen LogP contribution >= 0.6 is 5.69 Å². The first-order chi connectivity index (χ1) is 6.12. The van der Waals surface area contributed by atoms with Gasteiger partial charge < -0.3 is 21.3 Å². The molecule has 0 bridgehead atoms. The van der Waals surface area contributed by atoms with Crippen LogP contribution in [0.5, 0.6) is 0 Å². The minimum atomic E-state index is -2.34. The average molecular weight is 307 g/mol. The van der Waals surface area contributed by atoms with Gasteiger partial charge >= 0.3 is 19.5 Å². The Balaban J connectivity index is 0. The Morgan fingerprint density at radius 1 is 1.07 bits per heavy atom. The number of rotatable bonds is 8. The van der Waals surface area contributed by atoms with Crippen molar-refractivity contribution >= 4 is 29.7 Å². The third-order valence-electron chi connectivity index (χ3n) is 1.49. The summed E-state index contributed by atoms with van der Waals surface area (Å²) in [5, 5.41) is 0. The van der Waals surface area contributed by atoms with Crippen LogP contribution < -0.4 is 0 Å². The first kappa shape index (κ1) is 17.9. The van der Waals surface area contributed by atoms with Gasteiger partial charge in [-0.1, -0.05) is 38.5 Å². The van der Waals surface area contributed by atoms with Crippen LogP contribution in [0.1, 0.15) is 39.5 Å². The molecule has 14 heavy (non-hydrogen) atoms. The van der Waals surface area contributed by atoms with E-state index in [-0.39, 0.29) is 19.5 Å². The summed E-state index contributed by atoms with van der Waals surface area (Å²) in [5.74, 6) is 0. The number of hydrogen-bond acceptors (Lipinski definition) is 4. The van der Waals surface area contributed by atoms with Gasteiger partial charge in [0, 0.05) is 0 Å². The molecular weight excluding hydrogens is 289 g/mol. The van der Waals surface area contributed by atoms with Crippen molar-refractivity contribution in [1.29, 1.82) is 0 Å². The second-order valence-electron chi connectivity index (χ2n) is 2.82. The van der Waals surface area contributed by atoms with Crippen molar-refractivity contribution in [2.75, 3.05) is 13.2 Å². The molecular formula is C8H18O2PS2Zn+. The number of hydrogen-bond donors (Lipinski definition) is 0. The van der Waals surface area contributed by atoms with Crippen molar-refractivity contribution in [1.82, 2.24) is 0 Å². The molecule has 6 heteroatoms. The minimum Gasteiger partial charge on any atom is -0.691 e. The van der Waals surface area contributed by atoms with Gasteiger partial charge in [-0.05, 0) is 12.8 Å². The van der Waals surface area contributed by atoms with E-state index >= 15 is 0 Å². The topological polar surface area (TPSA) is 18.5 Å².